The molecule has 0 bridgehead atoms. The Morgan fingerprint density at radius 3 is 2.64 bits per heavy atom. The molecule has 1 aliphatic heterocycles. The summed E-state index contributed by atoms with van der Waals surface area (Å²) >= 11 is 6.10. The molecule has 25 heavy (non-hydrogen) atoms. The second-order valence-electron chi connectivity index (χ2n) is 6.80. The summed E-state index contributed by atoms with van der Waals surface area (Å²) in [4.78, 5) is 19.0. The second-order valence-corrected chi connectivity index (χ2v) is 7.20. The van der Waals surface area contributed by atoms with Gasteiger partial charge in [-0.25, -0.2) is 4.98 Å². The van der Waals surface area contributed by atoms with Gasteiger partial charge in [0.05, 0.1) is 5.02 Å². The first-order valence-corrected chi connectivity index (χ1v) is 9.27. The smallest absolute Gasteiger partial charge is 0.226 e. The van der Waals surface area contributed by atoms with Crippen molar-refractivity contribution in [3.8, 4) is 11.6 Å². The highest BCUT2D eigenvalue weighted by atomic mass is 35.5. The maximum absolute atomic E-state index is 12.6. The van der Waals surface area contributed by atoms with Crippen LogP contribution in [0.15, 0.2) is 42.6 Å². The Balaban J connectivity index is 1.38. The lowest BCUT2D eigenvalue weighted by atomic mass is 10.1. The van der Waals surface area contributed by atoms with Gasteiger partial charge in [-0.05, 0) is 49.3 Å². The highest BCUT2D eigenvalue weighted by Gasteiger charge is 2.46. The van der Waals surface area contributed by atoms with E-state index in [0.29, 0.717) is 28.5 Å². The van der Waals surface area contributed by atoms with Crippen molar-refractivity contribution in [2.45, 2.75) is 31.6 Å². The number of piperidine rings is 1. The average molecular weight is 357 g/mol. The SMILES string of the molecule is O=C([C@@H]1C[C@H]1c1ccc(Oc2ccccc2Cl)nc1)N1CCCCC1. The van der Waals surface area contributed by atoms with E-state index in [1.807, 2.05) is 41.4 Å². The van der Waals surface area contributed by atoms with Gasteiger partial charge in [0.15, 0.2) is 0 Å². The normalized spacial score (nSPS) is 22.5. The molecule has 5 heteroatoms. The predicted molar refractivity (Wildman–Crippen MR) is 97.0 cm³/mol. The number of carbonyl (C=O) groups excluding carboxylic acids is 1. The van der Waals surface area contributed by atoms with Crippen molar-refractivity contribution in [3.05, 3.63) is 53.2 Å². The van der Waals surface area contributed by atoms with Gasteiger partial charge in [-0.15, -0.1) is 0 Å². The lowest BCUT2D eigenvalue weighted by molar-refractivity contribution is -0.133. The molecule has 1 saturated heterocycles. The summed E-state index contributed by atoms with van der Waals surface area (Å²) in [5.41, 5.74) is 1.11. The largest absolute Gasteiger partial charge is 0.437 e. The molecule has 130 valence electrons. The van der Waals surface area contributed by atoms with Gasteiger partial charge >= 0.3 is 0 Å². The second kappa shape index (κ2) is 7.04. The Labute approximate surface area is 152 Å². The van der Waals surface area contributed by atoms with Gasteiger partial charge in [-0.3, -0.25) is 4.79 Å². The van der Waals surface area contributed by atoms with Gasteiger partial charge in [-0.1, -0.05) is 29.8 Å². The maximum Gasteiger partial charge on any atom is 0.226 e. The molecule has 1 aromatic heterocycles. The zero-order valence-electron chi connectivity index (χ0n) is 14.0. The van der Waals surface area contributed by atoms with E-state index >= 15 is 0 Å². The van der Waals surface area contributed by atoms with Crippen molar-refractivity contribution in [1.29, 1.82) is 0 Å². The number of benzene rings is 1. The van der Waals surface area contributed by atoms with Crippen LogP contribution in [0.25, 0.3) is 0 Å². The fraction of sp³-hybridized carbons (Fsp3) is 0.400. The van der Waals surface area contributed by atoms with Crippen LogP contribution in [-0.2, 0) is 4.79 Å². The van der Waals surface area contributed by atoms with Crippen LogP contribution in [0.2, 0.25) is 5.02 Å². The molecular weight excluding hydrogens is 336 g/mol. The first-order chi connectivity index (χ1) is 12.2. The minimum atomic E-state index is 0.134. The van der Waals surface area contributed by atoms with Crippen LogP contribution < -0.4 is 4.74 Å². The molecule has 4 rings (SSSR count). The number of carbonyl (C=O) groups is 1. The molecule has 1 saturated carbocycles. The zero-order chi connectivity index (χ0) is 17.2. The molecule has 1 aromatic carbocycles. The van der Waals surface area contributed by atoms with E-state index in [1.54, 1.807) is 6.07 Å². The number of hydrogen-bond donors (Lipinski definition) is 0. The fourth-order valence-electron chi connectivity index (χ4n) is 3.50. The Bertz CT molecular complexity index is 757. The fourth-order valence-corrected chi connectivity index (χ4v) is 3.67. The van der Waals surface area contributed by atoms with Crippen molar-refractivity contribution in [2.75, 3.05) is 13.1 Å². The molecular formula is C20H21ClN2O2. The molecule has 0 unspecified atom stereocenters. The molecule has 1 amide bonds. The van der Waals surface area contributed by atoms with E-state index in [9.17, 15) is 4.79 Å². The molecule has 0 spiro atoms. The summed E-state index contributed by atoms with van der Waals surface area (Å²) in [7, 11) is 0. The Kier molecular flexibility index (Phi) is 4.62. The molecule has 2 aliphatic rings. The minimum Gasteiger partial charge on any atom is -0.437 e. The lowest BCUT2D eigenvalue weighted by Crippen LogP contribution is -2.36. The van der Waals surface area contributed by atoms with Gasteiger partial charge in [-0.2, -0.15) is 0 Å². The number of amides is 1. The summed E-state index contributed by atoms with van der Waals surface area (Å²) in [6, 6.07) is 11.2. The van der Waals surface area contributed by atoms with Crippen LogP contribution in [0.3, 0.4) is 0 Å². The van der Waals surface area contributed by atoms with E-state index in [2.05, 4.69) is 4.98 Å². The quantitative estimate of drug-likeness (QED) is 0.801. The molecule has 2 atom stereocenters. The highest BCUT2D eigenvalue weighted by Crippen LogP contribution is 2.48. The summed E-state index contributed by atoms with van der Waals surface area (Å²) in [6.07, 6.45) is 6.27. The molecule has 2 aromatic rings. The van der Waals surface area contributed by atoms with Gasteiger partial charge < -0.3 is 9.64 Å². The first-order valence-electron chi connectivity index (χ1n) is 8.89. The van der Waals surface area contributed by atoms with Crippen LogP contribution >= 0.6 is 11.6 Å². The third-order valence-corrected chi connectivity index (χ3v) is 5.33. The number of aromatic nitrogens is 1. The molecule has 0 N–H and O–H groups in total. The summed E-state index contributed by atoms with van der Waals surface area (Å²) in [5, 5.41) is 0.558. The van der Waals surface area contributed by atoms with E-state index in [-0.39, 0.29) is 5.92 Å². The standard InChI is InChI=1S/C20H21ClN2O2/c21-17-6-2-3-7-18(17)25-19-9-8-14(13-22-19)15-12-16(15)20(24)23-10-4-1-5-11-23/h2-3,6-9,13,15-16H,1,4-5,10-12H2/t15-,16+/m0/s1. The van der Waals surface area contributed by atoms with E-state index in [0.717, 1.165) is 37.9 Å². The summed E-state index contributed by atoms with van der Waals surface area (Å²) < 4.78 is 5.72. The minimum absolute atomic E-state index is 0.134. The third kappa shape index (κ3) is 3.64. The monoisotopic (exact) mass is 356 g/mol. The topological polar surface area (TPSA) is 42.4 Å². The Morgan fingerprint density at radius 1 is 1.12 bits per heavy atom. The number of ether oxygens (including phenoxy) is 1. The zero-order valence-corrected chi connectivity index (χ0v) is 14.8. The third-order valence-electron chi connectivity index (χ3n) is 5.01. The van der Waals surface area contributed by atoms with Crippen molar-refractivity contribution in [3.63, 3.8) is 0 Å². The maximum atomic E-state index is 12.6. The summed E-state index contributed by atoms with van der Waals surface area (Å²) in [5.74, 6) is 1.86. The first kappa shape index (κ1) is 16.4. The number of hydrogen-bond acceptors (Lipinski definition) is 3. The van der Waals surface area contributed by atoms with E-state index < -0.39 is 0 Å². The van der Waals surface area contributed by atoms with E-state index in [4.69, 9.17) is 16.3 Å². The number of rotatable bonds is 4. The van der Waals surface area contributed by atoms with Crippen LogP contribution in [0.1, 0.15) is 37.2 Å². The Morgan fingerprint density at radius 2 is 1.92 bits per heavy atom. The molecule has 2 heterocycles. The Hall–Kier alpha value is -2.07. The van der Waals surface area contributed by atoms with Crippen molar-refractivity contribution in [2.24, 2.45) is 5.92 Å². The van der Waals surface area contributed by atoms with Crippen molar-refractivity contribution < 1.29 is 9.53 Å². The van der Waals surface area contributed by atoms with Crippen LogP contribution in [0.4, 0.5) is 0 Å². The van der Waals surface area contributed by atoms with Crippen LogP contribution in [0.5, 0.6) is 11.6 Å². The van der Waals surface area contributed by atoms with Gasteiger partial charge in [0.1, 0.15) is 5.75 Å². The number of nitrogens with zero attached hydrogens (tertiary/aromatic N) is 2. The molecule has 2 fully saturated rings. The summed E-state index contributed by atoms with van der Waals surface area (Å²) in [6.45, 7) is 1.84. The van der Waals surface area contributed by atoms with Gasteiger partial charge in [0.2, 0.25) is 11.8 Å². The number of para-hydroxylation sites is 1. The van der Waals surface area contributed by atoms with Crippen molar-refractivity contribution >= 4 is 17.5 Å². The van der Waals surface area contributed by atoms with Crippen LogP contribution in [0, 0.1) is 5.92 Å². The highest BCUT2D eigenvalue weighted by molar-refractivity contribution is 6.32. The molecule has 1 aliphatic carbocycles. The van der Waals surface area contributed by atoms with Gasteiger partial charge in [0.25, 0.3) is 0 Å². The van der Waals surface area contributed by atoms with Crippen molar-refractivity contribution in [1.82, 2.24) is 9.88 Å². The number of likely N-dealkylation sites (tertiary alicyclic amines) is 1. The number of halogens is 1. The van der Waals surface area contributed by atoms with Gasteiger partial charge in [0, 0.05) is 31.3 Å². The molecule has 4 nitrogen and oxygen atoms in total. The molecule has 0 radical (unpaired) electrons. The number of pyridine rings is 1. The predicted octanol–water partition coefficient (Wildman–Crippen LogP) is 4.64. The van der Waals surface area contributed by atoms with E-state index in [1.165, 1.54) is 6.42 Å². The average Bonchev–Trinajstić information content (AvgIpc) is 3.45. The lowest BCUT2D eigenvalue weighted by Gasteiger charge is -2.26. The van der Waals surface area contributed by atoms with Crippen LogP contribution in [-0.4, -0.2) is 28.9 Å².